The van der Waals surface area contributed by atoms with Gasteiger partial charge in [0, 0.05) is 31.4 Å². The zero-order valence-electron chi connectivity index (χ0n) is 10.0. The fourth-order valence-electron chi connectivity index (χ4n) is 2.16. The molecule has 1 aliphatic rings. The SMILES string of the molecule is Cc1ccc(N2CCNC(CC(=O)O)C2)cc1. The lowest BCUT2D eigenvalue weighted by molar-refractivity contribution is -0.137. The van der Waals surface area contributed by atoms with Crippen molar-refractivity contribution in [1.82, 2.24) is 5.32 Å². The van der Waals surface area contributed by atoms with Crippen LogP contribution in [-0.2, 0) is 4.79 Å². The lowest BCUT2D eigenvalue weighted by Crippen LogP contribution is -2.51. The second-order valence-corrected chi connectivity index (χ2v) is 4.53. The molecular weight excluding hydrogens is 216 g/mol. The van der Waals surface area contributed by atoms with Crippen molar-refractivity contribution in [3.63, 3.8) is 0 Å². The van der Waals surface area contributed by atoms with E-state index in [9.17, 15) is 4.79 Å². The van der Waals surface area contributed by atoms with Gasteiger partial charge in [0.15, 0.2) is 0 Å². The smallest absolute Gasteiger partial charge is 0.304 e. The summed E-state index contributed by atoms with van der Waals surface area (Å²) >= 11 is 0. The Morgan fingerprint density at radius 1 is 1.47 bits per heavy atom. The molecule has 0 amide bonds. The maximum Gasteiger partial charge on any atom is 0.304 e. The molecular formula is C13H18N2O2. The molecule has 92 valence electrons. The molecule has 0 aromatic heterocycles. The van der Waals surface area contributed by atoms with Crippen LogP contribution in [0.25, 0.3) is 0 Å². The third-order valence-electron chi connectivity index (χ3n) is 3.08. The molecule has 1 fully saturated rings. The number of carbonyl (C=O) groups is 1. The summed E-state index contributed by atoms with van der Waals surface area (Å²) in [6.07, 6.45) is 0.183. The van der Waals surface area contributed by atoms with Gasteiger partial charge < -0.3 is 15.3 Å². The monoisotopic (exact) mass is 234 g/mol. The molecule has 1 aromatic rings. The number of aryl methyl sites for hydroxylation is 1. The quantitative estimate of drug-likeness (QED) is 0.826. The Hall–Kier alpha value is -1.55. The summed E-state index contributed by atoms with van der Waals surface area (Å²) in [7, 11) is 0. The number of piperazine rings is 1. The highest BCUT2D eigenvalue weighted by molar-refractivity contribution is 5.67. The highest BCUT2D eigenvalue weighted by Crippen LogP contribution is 2.17. The normalized spacial score (nSPS) is 20.3. The number of benzene rings is 1. The van der Waals surface area contributed by atoms with Gasteiger partial charge in [-0.05, 0) is 19.1 Å². The Morgan fingerprint density at radius 2 is 2.18 bits per heavy atom. The first-order chi connectivity index (χ1) is 8.15. The van der Waals surface area contributed by atoms with Crippen molar-refractivity contribution in [2.75, 3.05) is 24.5 Å². The van der Waals surface area contributed by atoms with E-state index >= 15 is 0 Å². The molecule has 1 aliphatic heterocycles. The summed E-state index contributed by atoms with van der Waals surface area (Å²) in [5.41, 5.74) is 2.42. The van der Waals surface area contributed by atoms with Gasteiger partial charge in [0.25, 0.3) is 0 Å². The molecule has 0 spiro atoms. The average Bonchev–Trinajstić information content (AvgIpc) is 2.29. The molecule has 17 heavy (non-hydrogen) atoms. The van der Waals surface area contributed by atoms with E-state index in [2.05, 4.69) is 41.4 Å². The third kappa shape index (κ3) is 3.20. The summed E-state index contributed by atoms with van der Waals surface area (Å²) < 4.78 is 0. The van der Waals surface area contributed by atoms with Gasteiger partial charge in [-0.2, -0.15) is 0 Å². The van der Waals surface area contributed by atoms with Crippen molar-refractivity contribution in [3.8, 4) is 0 Å². The van der Waals surface area contributed by atoms with Gasteiger partial charge >= 0.3 is 5.97 Å². The van der Waals surface area contributed by atoms with Crippen LogP contribution in [0.5, 0.6) is 0 Å². The fraction of sp³-hybridized carbons (Fsp3) is 0.462. The standard InChI is InChI=1S/C13H18N2O2/c1-10-2-4-12(5-3-10)15-7-6-14-11(9-15)8-13(16)17/h2-5,11,14H,6-9H2,1H3,(H,16,17). The number of carboxylic acid groups (broad SMARTS) is 1. The van der Waals surface area contributed by atoms with E-state index in [0.29, 0.717) is 0 Å². The second kappa shape index (κ2) is 5.19. The van der Waals surface area contributed by atoms with Crippen molar-refractivity contribution in [1.29, 1.82) is 0 Å². The Kier molecular flexibility index (Phi) is 3.64. The van der Waals surface area contributed by atoms with Crippen molar-refractivity contribution in [3.05, 3.63) is 29.8 Å². The Morgan fingerprint density at radius 3 is 2.82 bits per heavy atom. The number of hydrogen-bond acceptors (Lipinski definition) is 3. The van der Waals surface area contributed by atoms with Crippen molar-refractivity contribution in [2.24, 2.45) is 0 Å². The van der Waals surface area contributed by atoms with Gasteiger partial charge in [-0.25, -0.2) is 0 Å². The van der Waals surface area contributed by atoms with Gasteiger partial charge in [0.2, 0.25) is 0 Å². The van der Waals surface area contributed by atoms with Crippen LogP contribution in [-0.4, -0.2) is 36.8 Å². The molecule has 1 saturated heterocycles. The molecule has 0 radical (unpaired) electrons. The molecule has 2 N–H and O–H groups in total. The van der Waals surface area contributed by atoms with Gasteiger partial charge in [0.05, 0.1) is 6.42 Å². The fourth-order valence-corrected chi connectivity index (χ4v) is 2.16. The van der Waals surface area contributed by atoms with E-state index < -0.39 is 5.97 Å². The van der Waals surface area contributed by atoms with Gasteiger partial charge in [-0.15, -0.1) is 0 Å². The van der Waals surface area contributed by atoms with Crippen LogP contribution in [0.1, 0.15) is 12.0 Å². The molecule has 4 nitrogen and oxygen atoms in total. The Labute approximate surface area is 101 Å². The molecule has 1 heterocycles. The van der Waals surface area contributed by atoms with Crippen LogP contribution in [0.3, 0.4) is 0 Å². The molecule has 0 saturated carbocycles. The Bertz CT molecular complexity index is 389. The predicted octanol–water partition coefficient (Wildman–Crippen LogP) is 1.25. The summed E-state index contributed by atoms with van der Waals surface area (Å²) in [6, 6.07) is 8.41. The minimum Gasteiger partial charge on any atom is -0.481 e. The highest BCUT2D eigenvalue weighted by Gasteiger charge is 2.21. The van der Waals surface area contributed by atoms with E-state index in [1.807, 2.05) is 0 Å². The van der Waals surface area contributed by atoms with E-state index in [1.54, 1.807) is 0 Å². The number of nitrogens with zero attached hydrogens (tertiary/aromatic N) is 1. The molecule has 1 unspecified atom stereocenters. The first-order valence-corrected chi connectivity index (χ1v) is 5.92. The first kappa shape index (κ1) is 11.9. The minimum absolute atomic E-state index is 0.0440. The molecule has 4 heteroatoms. The van der Waals surface area contributed by atoms with Crippen molar-refractivity contribution >= 4 is 11.7 Å². The van der Waals surface area contributed by atoms with Crippen molar-refractivity contribution < 1.29 is 9.90 Å². The number of hydrogen-bond donors (Lipinski definition) is 2. The second-order valence-electron chi connectivity index (χ2n) is 4.53. The van der Waals surface area contributed by atoms with E-state index in [0.717, 1.165) is 19.6 Å². The predicted molar refractivity (Wildman–Crippen MR) is 67.4 cm³/mol. The number of rotatable bonds is 3. The van der Waals surface area contributed by atoms with Gasteiger partial charge in [-0.3, -0.25) is 4.79 Å². The summed E-state index contributed by atoms with van der Waals surface area (Å²) in [5, 5.41) is 12.0. The van der Waals surface area contributed by atoms with Crippen LogP contribution in [0.4, 0.5) is 5.69 Å². The zero-order chi connectivity index (χ0) is 12.3. The third-order valence-corrected chi connectivity index (χ3v) is 3.08. The number of nitrogens with one attached hydrogen (secondary N) is 1. The summed E-state index contributed by atoms with van der Waals surface area (Å²) in [5.74, 6) is -0.742. The van der Waals surface area contributed by atoms with Crippen LogP contribution in [0.2, 0.25) is 0 Å². The summed E-state index contributed by atoms with van der Waals surface area (Å²) in [4.78, 5) is 12.9. The number of anilines is 1. The molecule has 1 atom stereocenters. The van der Waals surface area contributed by atoms with E-state index in [4.69, 9.17) is 5.11 Å². The van der Waals surface area contributed by atoms with Crippen LogP contribution < -0.4 is 10.2 Å². The average molecular weight is 234 g/mol. The molecule has 2 rings (SSSR count). The minimum atomic E-state index is -0.742. The molecule has 0 aliphatic carbocycles. The van der Waals surface area contributed by atoms with E-state index in [-0.39, 0.29) is 12.5 Å². The molecule has 0 bridgehead atoms. The maximum atomic E-state index is 10.7. The van der Waals surface area contributed by atoms with Crippen LogP contribution in [0.15, 0.2) is 24.3 Å². The highest BCUT2D eigenvalue weighted by atomic mass is 16.4. The van der Waals surface area contributed by atoms with Gasteiger partial charge in [-0.1, -0.05) is 17.7 Å². The maximum absolute atomic E-state index is 10.7. The van der Waals surface area contributed by atoms with Crippen molar-refractivity contribution in [2.45, 2.75) is 19.4 Å². The first-order valence-electron chi connectivity index (χ1n) is 5.92. The largest absolute Gasteiger partial charge is 0.481 e. The van der Waals surface area contributed by atoms with Crippen LogP contribution in [0, 0.1) is 6.92 Å². The number of aliphatic carboxylic acids is 1. The lowest BCUT2D eigenvalue weighted by Gasteiger charge is -2.34. The van der Waals surface area contributed by atoms with Crippen LogP contribution >= 0.6 is 0 Å². The van der Waals surface area contributed by atoms with E-state index in [1.165, 1.54) is 11.3 Å². The summed E-state index contributed by atoms with van der Waals surface area (Å²) in [6.45, 7) is 4.59. The molecule has 1 aromatic carbocycles. The zero-order valence-corrected chi connectivity index (χ0v) is 10.0. The number of carboxylic acids is 1. The Balaban J connectivity index is 2.01. The topological polar surface area (TPSA) is 52.6 Å². The van der Waals surface area contributed by atoms with Gasteiger partial charge in [0.1, 0.15) is 0 Å². The lowest BCUT2D eigenvalue weighted by atomic mass is 10.1.